The van der Waals surface area contributed by atoms with Crippen LogP contribution in [0.1, 0.15) is 36.5 Å². The van der Waals surface area contributed by atoms with E-state index >= 15 is 0 Å². The Kier molecular flexibility index (Phi) is 7.66. The Bertz CT molecular complexity index is 1620. The Labute approximate surface area is 219 Å². The van der Waals surface area contributed by atoms with Gasteiger partial charge < -0.3 is 9.47 Å². The standard InChI is InChI=1S/C29H28N4O5/c1-6-14-38-27-20(10-9-13-25(27)33(35)36)17-30-32-28(31-24-12-8-7-11-21(24)29(32)34)23-16-22(18(2)3)26(37-5)15-19(23)4/h6-13,15-18H,1,14H2,2-5H3. The molecule has 0 unspecified atom stereocenters. The second-order valence-corrected chi connectivity index (χ2v) is 8.93. The molecule has 0 aliphatic carbocycles. The van der Waals surface area contributed by atoms with Gasteiger partial charge in [-0.3, -0.25) is 14.9 Å². The zero-order valence-electron chi connectivity index (χ0n) is 21.7. The molecule has 4 rings (SSSR count). The predicted molar refractivity (Wildman–Crippen MR) is 149 cm³/mol. The van der Waals surface area contributed by atoms with Crippen molar-refractivity contribution < 1.29 is 14.4 Å². The van der Waals surface area contributed by atoms with Crippen LogP contribution in [0.5, 0.6) is 11.5 Å². The van der Waals surface area contributed by atoms with Gasteiger partial charge in [-0.1, -0.05) is 44.7 Å². The number of benzene rings is 3. The van der Waals surface area contributed by atoms with E-state index in [0.29, 0.717) is 22.3 Å². The summed E-state index contributed by atoms with van der Waals surface area (Å²) in [6.07, 6.45) is 2.86. The first kappa shape index (κ1) is 26.3. The molecule has 0 saturated carbocycles. The molecule has 0 amide bonds. The molecule has 0 atom stereocenters. The van der Waals surface area contributed by atoms with Gasteiger partial charge in [0.25, 0.3) is 5.56 Å². The van der Waals surface area contributed by atoms with Crippen LogP contribution >= 0.6 is 0 Å². The summed E-state index contributed by atoms with van der Waals surface area (Å²) < 4.78 is 12.4. The van der Waals surface area contributed by atoms with Crippen LogP contribution in [0.4, 0.5) is 5.69 Å². The van der Waals surface area contributed by atoms with Crippen molar-refractivity contribution in [3.8, 4) is 22.9 Å². The van der Waals surface area contributed by atoms with Crippen molar-refractivity contribution in [3.05, 3.63) is 104 Å². The fraction of sp³-hybridized carbons (Fsp3) is 0.207. The number of ether oxygens (including phenoxy) is 2. The third kappa shape index (κ3) is 5.04. The molecule has 0 spiro atoms. The number of fused-ring (bicyclic) bond motifs is 1. The highest BCUT2D eigenvalue weighted by Crippen LogP contribution is 2.34. The Balaban J connectivity index is 1.98. The Morgan fingerprint density at radius 1 is 1.18 bits per heavy atom. The number of nitrogens with zero attached hydrogens (tertiary/aromatic N) is 4. The fourth-order valence-electron chi connectivity index (χ4n) is 4.18. The topological polar surface area (TPSA) is 109 Å². The van der Waals surface area contributed by atoms with Gasteiger partial charge in [0.1, 0.15) is 12.4 Å². The molecule has 9 heteroatoms. The first-order valence-electron chi connectivity index (χ1n) is 12.0. The molecule has 0 fully saturated rings. The monoisotopic (exact) mass is 512 g/mol. The highest BCUT2D eigenvalue weighted by molar-refractivity contribution is 5.86. The lowest BCUT2D eigenvalue weighted by Gasteiger charge is -2.17. The largest absolute Gasteiger partial charge is 0.496 e. The molecule has 0 aliphatic rings. The van der Waals surface area contributed by atoms with Gasteiger partial charge in [-0.05, 0) is 54.3 Å². The molecule has 1 heterocycles. The van der Waals surface area contributed by atoms with Crippen LogP contribution in [-0.2, 0) is 0 Å². The molecule has 38 heavy (non-hydrogen) atoms. The number of aromatic nitrogens is 2. The molecule has 0 radical (unpaired) electrons. The van der Waals surface area contributed by atoms with Crippen molar-refractivity contribution in [2.75, 3.05) is 13.7 Å². The van der Waals surface area contributed by atoms with Crippen LogP contribution in [-0.4, -0.2) is 34.5 Å². The van der Waals surface area contributed by atoms with E-state index in [4.69, 9.17) is 14.5 Å². The van der Waals surface area contributed by atoms with E-state index in [0.717, 1.165) is 22.4 Å². The summed E-state index contributed by atoms with van der Waals surface area (Å²) in [6, 6.07) is 15.4. The van der Waals surface area contributed by atoms with Crippen molar-refractivity contribution >= 4 is 22.8 Å². The third-order valence-corrected chi connectivity index (χ3v) is 6.07. The molecule has 0 bridgehead atoms. The van der Waals surface area contributed by atoms with Crippen molar-refractivity contribution in [1.82, 2.24) is 9.66 Å². The van der Waals surface area contributed by atoms with Crippen LogP contribution in [0.25, 0.3) is 22.3 Å². The second-order valence-electron chi connectivity index (χ2n) is 8.93. The highest BCUT2D eigenvalue weighted by Gasteiger charge is 2.20. The Morgan fingerprint density at radius 2 is 1.95 bits per heavy atom. The van der Waals surface area contributed by atoms with Gasteiger partial charge in [0.2, 0.25) is 5.75 Å². The van der Waals surface area contributed by atoms with E-state index in [-0.39, 0.29) is 29.5 Å². The number of rotatable bonds is 9. The number of hydrogen-bond donors (Lipinski definition) is 0. The lowest BCUT2D eigenvalue weighted by atomic mass is 9.96. The van der Waals surface area contributed by atoms with E-state index < -0.39 is 4.92 Å². The highest BCUT2D eigenvalue weighted by atomic mass is 16.6. The van der Waals surface area contributed by atoms with Crippen molar-refractivity contribution in [2.24, 2.45) is 5.10 Å². The average Bonchev–Trinajstić information content (AvgIpc) is 2.91. The van der Waals surface area contributed by atoms with Gasteiger partial charge in [0.15, 0.2) is 5.82 Å². The zero-order valence-corrected chi connectivity index (χ0v) is 21.7. The fourth-order valence-corrected chi connectivity index (χ4v) is 4.18. The first-order valence-corrected chi connectivity index (χ1v) is 12.0. The lowest BCUT2D eigenvalue weighted by Crippen LogP contribution is -2.21. The summed E-state index contributed by atoms with van der Waals surface area (Å²) in [6.45, 7) is 9.71. The summed E-state index contributed by atoms with van der Waals surface area (Å²) in [5.41, 5.74) is 2.81. The molecule has 0 saturated heterocycles. The minimum Gasteiger partial charge on any atom is -0.496 e. The zero-order chi connectivity index (χ0) is 27.4. The van der Waals surface area contributed by atoms with Crippen LogP contribution in [0.3, 0.4) is 0 Å². The predicted octanol–water partition coefficient (Wildman–Crippen LogP) is 5.86. The minimum absolute atomic E-state index is 0.0345. The van der Waals surface area contributed by atoms with Crippen LogP contribution < -0.4 is 15.0 Å². The molecule has 3 aromatic carbocycles. The molecule has 4 aromatic rings. The van der Waals surface area contributed by atoms with Crippen molar-refractivity contribution in [2.45, 2.75) is 26.7 Å². The van der Waals surface area contributed by atoms with E-state index in [1.54, 1.807) is 31.4 Å². The molecule has 0 N–H and O–H groups in total. The van der Waals surface area contributed by atoms with Crippen LogP contribution in [0.2, 0.25) is 0 Å². The summed E-state index contributed by atoms with van der Waals surface area (Å²) in [5.74, 6) is 1.28. The summed E-state index contributed by atoms with van der Waals surface area (Å²) in [5, 5.41) is 16.5. The number of nitro groups is 1. The summed E-state index contributed by atoms with van der Waals surface area (Å²) in [7, 11) is 1.62. The number of aryl methyl sites for hydroxylation is 1. The van der Waals surface area contributed by atoms with Gasteiger partial charge in [-0.25, -0.2) is 4.98 Å². The number of para-hydroxylation sites is 2. The second kappa shape index (κ2) is 11.1. The van der Waals surface area contributed by atoms with Crippen molar-refractivity contribution in [3.63, 3.8) is 0 Å². The van der Waals surface area contributed by atoms with Gasteiger partial charge in [0, 0.05) is 17.2 Å². The normalized spacial score (nSPS) is 11.3. The van der Waals surface area contributed by atoms with Crippen LogP contribution in [0, 0.1) is 17.0 Å². The van der Waals surface area contributed by atoms with Gasteiger partial charge >= 0.3 is 5.69 Å². The van der Waals surface area contributed by atoms with E-state index in [1.165, 1.54) is 29.1 Å². The number of nitro benzene ring substituents is 1. The molecule has 1 aromatic heterocycles. The maximum atomic E-state index is 13.7. The molecular formula is C29H28N4O5. The first-order chi connectivity index (χ1) is 18.3. The summed E-state index contributed by atoms with van der Waals surface area (Å²) >= 11 is 0. The number of hydrogen-bond acceptors (Lipinski definition) is 7. The average molecular weight is 513 g/mol. The van der Waals surface area contributed by atoms with Gasteiger partial charge in [-0.2, -0.15) is 9.78 Å². The Hall–Kier alpha value is -4.79. The molecule has 0 aliphatic heterocycles. The maximum absolute atomic E-state index is 13.7. The smallest absolute Gasteiger partial charge is 0.311 e. The molecule has 9 nitrogen and oxygen atoms in total. The van der Waals surface area contributed by atoms with Crippen LogP contribution in [0.15, 0.2) is 77.1 Å². The van der Waals surface area contributed by atoms with Gasteiger partial charge in [-0.15, -0.1) is 0 Å². The van der Waals surface area contributed by atoms with Gasteiger partial charge in [0.05, 0.1) is 29.2 Å². The third-order valence-electron chi connectivity index (χ3n) is 6.07. The molecule has 194 valence electrons. The number of methoxy groups -OCH3 is 1. The quantitative estimate of drug-likeness (QED) is 0.120. The van der Waals surface area contributed by atoms with Crippen molar-refractivity contribution in [1.29, 1.82) is 0 Å². The van der Waals surface area contributed by atoms with E-state index in [2.05, 4.69) is 25.5 Å². The SMILES string of the molecule is C=CCOc1c(C=Nn2c(-c3cc(C(C)C)c(OC)cc3C)nc3ccccc3c2=O)cccc1[N+](=O)[O-]. The van der Waals surface area contributed by atoms with E-state index in [9.17, 15) is 14.9 Å². The maximum Gasteiger partial charge on any atom is 0.311 e. The minimum atomic E-state index is -0.529. The van der Waals surface area contributed by atoms with E-state index in [1.807, 2.05) is 25.1 Å². The summed E-state index contributed by atoms with van der Waals surface area (Å²) in [4.78, 5) is 29.5. The molecular weight excluding hydrogens is 484 g/mol. The Morgan fingerprint density at radius 3 is 2.63 bits per heavy atom. The lowest BCUT2D eigenvalue weighted by molar-refractivity contribution is -0.385.